The number of hydrogen-bond acceptors (Lipinski definition) is 2. The van der Waals surface area contributed by atoms with Crippen LogP contribution in [0, 0.1) is 5.82 Å². The van der Waals surface area contributed by atoms with Gasteiger partial charge in [-0.1, -0.05) is 6.07 Å². The Morgan fingerprint density at radius 1 is 1.28 bits per heavy atom. The monoisotopic (exact) mass is 265 g/mol. The largest absolute Gasteiger partial charge is 0.419 e. The topological polar surface area (TPSA) is 35.2 Å². The molecule has 2 nitrogen and oxygen atoms in total. The predicted molar refractivity (Wildman–Crippen MR) is 59.4 cm³/mol. The van der Waals surface area contributed by atoms with Gasteiger partial charge in [-0.05, 0) is 31.5 Å². The highest BCUT2D eigenvalue weighted by molar-refractivity contribution is 5.28. The van der Waals surface area contributed by atoms with Crippen molar-refractivity contribution in [2.75, 3.05) is 6.61 Å². The van der Waals surface area contributed by atoms with Gasteiger partial charge in [-0.3, -0.25) is 0 Å². The molecule has 0 radical (unpaired) electrons. The normalized spacial score (nSPS) is 14.0. The molecule has 0 fully saturated rings. The van der Waals surface area contributed by atoms with Gasteiger partial charge in [0.2, 0.25) is 0 Å². The molecule has 6 heteroatoms. The molecule has 0 heterocycles. The first-order chi connectivity index (χ1) is 8.21. The summed E-state index contributed by atoms with van der Waals surface area (Å²) in [6.07, 6.45) is -4.74. The third-order valence-electron chi connectivity index (χ3n) is 2.34. The maximum Gasteiger partial charge on any atom is 0.419 e. The summed E-state index contributed by atoms with van der Waals surface area (Å²) in [5, 5.41) is 0. The molecular weight excluding hydrogens is 250 g/mol. The Morgan fingerprint density at radius 2 is 1.89 bits per heavy atom. The third kappa shape index (κ3) is 3.96. The van der Waals surface area contributed by atoms with Crippen molar-refractivity contribution in [1.29, 1.82) is 0 Å². The zero-order valence-electron chi connectivity index (χ0n) is 10.1. The first-order valence-corrected chi connectivity index (χ1v) is 5.45. The number of benzene rings is 1. The van der Waals surface area contributed by atoms with E-state index in [1.165, 1.54) is 6.07 Å². The number of rotatable bonds is 4. The van der Waals surface area contributed by atoms with Gasteiger partial charge in [0.15, 0.2) is 0 Å². The number of alkyl halides is 3. The van der Waals surface area contributed by atoms with Crippen molar-refractivity contribution in [3.63, 3.8) is 0 Å². The molecule has 1 aromatic rings. The van der Waals surface area contributed by atoms with Gasteiger partial charge in [0, 0.05) is 0 Å². The number of hydrogen-bond donors (Lipinski definition) is 1. The highest BCUT2D eigenvalue weighted by Gasteiger charge is 2.34. The van der Waals surface area contributed by atoms with Gasteiger partial charge in [0.1, 0.15) is 5.82 Å². The van der Waals surface area contributed by atoms with Crippen LogP contribution < -0.4 is 5.73 Å². The van der Waals surface area contributed by atoms with Crippen LogP contribution in [0.5, 0.6) is 0 Å². The van der Waals surface area contributed by atoms with Crippen molar-refractivity contribution in [2.45, 2.75) is 32.2 Å². The summed E-state index contributed by atoms with van der Waals surface area (Å²) in [5.74, 6) is -1.32. The summed E-state index contributed by atoms with van der Waals surface area (Å²) in [4.78, 5) is 0. The molecule has 1 rings (SSSR count). The van der Waals surface area contributed by atoms with Crippen molar-refractivity contribution in [2.24, 2.45) is 5.73 Å². The Balaban J connectivity index is 2.84. The fourth-order valence-electron chi connectivity index (χ4n) is 1.38. The Labute approximate surface area is 103 Å². The zero-order valence-corrected chi connectivity index (χ0v) is 10.1. The quantitative estimate of drug-likeness (QED) is 0.848. The van der Waals surface area contributed by atoms with Crippen LogP contribution in [0.3, 0.4) is 0 Å². The van der Waals surface area contributed by atoms with Crippen LogP contribution in [0.1, 0.15) is 31.0 Å². The van der Waals surface area contributed by atoms with Gasteiger partial charge < -0.3 is 10.5 Å². The van der Waals surface area contributed by atoms with E-state index in [0.717, 1.165) is 6.07 Å². The lowest BCUT2D eigenvalue weighted by atomic mass is 10.1. The summed E-state index contributed by atoms with van der Waals surface area (Å²) in [7, 11) is 0. The molecule has 2 N–H and O–H groups in total. The summed E-state index contributed by atoms with van der Waals surface area (Å²) in [6.45, 7) is 3.74. The third-order valence-corrected chi connectivity index (χ3v) is 2.34. The molecule has 102 valence electrons. The maximum absolute atomic E-state index is 13.3. The van der Waals surface area contributed by atoms with Crippen LogP contribution in [-0.4, -0.2) is 12.7 Å². The van der Waals surface area contributed by atoms with Gasteiger partial charge in [-0.2, -0.15) is 13.2 Å². The summed E-state index contributed by atoms with van der Waals surface area (Å²) in [5.41, 5.74) is 4.69. The second-order valence-electron chi connectivity index (χ2n) is 4.23. The molecule has 0 amide bonds. The van der Waals surface area contributed by atoms with Crippen LogP contribution in [0.4, 0.5) is 17.6 Å². The van der Waals surface area contributed by atoms with Crippen LogP contribution in [0.25, 0.3) is 0 Å². The number of nitrogens with two attached hydrogens (primary N) is 1. The van der Waals surface area contributed by atoms with Crippen LogP contribution in [-0.2, 0) is 10.9 Å². The van der Waals surface area contributed by atoms with E-state index < -0.39 is 23.6 Å². The van der Waals surface area contributed by atoms with E-state index >= 15 is 0 Å². The molecule has 0 saturated carbocycles. The Bertz CT molecular complexity index is 404. The van der Waals surface area contributed by atoms with Gasteiger partial charge >= 0.3 is 6.18 Å². The van der Waals surface area contributed by atoms with E-state index in [2.05, 4.69) is 0 Å². The number of ether oxygens (including phenoxy) is 1. The van der Waals surface area contributed by atoms with E-state index in [9.17, 15) is 17.6 Å². The van der Waals surface area contributed by atoms with Gasteiger partial charge in [-0.15, -0.1) is 0 Å². The SMILES string of the molecule is CC(C)OCC(N)c1ccc(C(F)(F)F)c(F)c1. The fraction of sp³-hybridized carbons (Fsp3) is 0.500. The smallest absolute Gasteiger partial charge is 0.377 e. The van der Waals surface area contributed by atoms with Crippen molar-refractivity contribution in [3.8, 4) is 0 Å². The molecule has 0 bridgehead atoms. The van der Waals surface area contributed by atoms with Crippen molar-refractivity contribution in [3.05, 3.63) is 35.1 Å². The average Bonchev–Trinajstić information content (AvgIpc) is 2.23. The zero-order chi connectivity index (χ0) is 13.9. The predicted octanol–water partition coefficient (Wildman–Crippen LogP) is 3.27. The maximum atomic E-state index is 13.3. The highest BCUT2D eigenvalue weighted by atomic mass is 19.4. The molecule has 0 aliphatic heterocycles. The molecule has 0 spiro atoms. The molecular formula is C12H15F4NO. The molecule has 0 aromatic heterocycles. The van der Waals surface area contributed by atoms with Crippen molar-refractivity contribution < 1.29 is 22.3 Å². The van der Waals surface area contributed by atoms with Gasteiger partial charge in [-0.25, -0.2) is 4.39 Å². The van der Waals surface area contributed by atoms with Crippen molar-refractivity contribution in [1.82, 2.24) is 0 Å². The molecule has 0 aliphatic carbocycles. The minimum atomic E-state index is -4.69. The lowest BCUT2D eigenvalue weighted by molar-refractivity contribution is -0.140. The van der Waals surface area contributed by atoms with E-state index in [1.54, 1.807) is 13.8 Å². The second-order valence-corrected chi connectivity index (χ2v) is 4.23. The molecule has 1 unspecified atom stereocenters. The molecule has 0 aliphatic rings. The van der Waals surface area contributed by atoms with E-state index in [0.29, 0.717) is 6.07 Å². The van der Waals surface area contributed by atoms with E-state index in [4.69, 9.17) is 10.5 Å². The fourth-order valence-corrected chi connectivity index (χ4v) is 1.38. The highest BCUT2D eigenvalue weighted by Crippen LogP contribution is 2.32. The van der Waals surface area contributed by atoms with Crippen molar-refractivity contribution >= 4 is 0 Å². The van der Waals surface area contributed by atoms with Crippen LogP contribution in [0.15, 0.2) is 18.2 Å². The molecule has 0 saturated heterocycles. The summed E-state index contributed by atoms with van der Waals surface area (Å²) in [6, 6.07) is 2.02. The molecule has 1 atom stereocenters. The standard InChI is InChI=1S/C12H15F4NO/c1-7(2)18-6-11(17)8-3-4-9(10(13)5-8)12(14,15)16/h3-5,7,11H,6,17H2,1-2H3. The van der Waals surface area contributed by atoms with Gasteiger partial charge in [0.25, 0.3) is 0 Å². The Hall–Kier alpha value is -1.14. The minimum Gasteiger partial charge on any atom is -0.377 e. The second kappa shape index (κ2) is 5.67. The number of halogens is 4. The van der Waals surface area contributed by atoms with E-state index in [-0.39, 0.29) is 18.3 Å². The van der Waals surface area contributed by atoms with Crippen LogP contribution in [0.2, 0.25) is 0 Å². The minimum absolute atomic E-state index is 0.0460. The van der Waals surface area contributed by atoms with E-state index in [1.807, 2.05) is 0 Å². The Morgan fingerprint density at radius 3 is 2.33 bits per heavy atom. The van der Waals surface area contributed by atoms with Crippen LogP contribution >= 0.6 is 0 Å². The Kier molecular flexibility index (Phi) is 4.70. The summed E-state index contributed by atoms with van der Waals surface area (Å²) < 4.78 is 55.5. The average molecular weight is 265 g/mol. The molecule has 18 heavy (non-hydrogen) atoms. The molecule has 1 aromatic carbocycles. The lowest BCUT2D eigenvalue weighted by Crippen LogP contribution is -2.20. The summed E-state index contributed by atoms with van der Waals surface area (Å²) >= 11 is 0. The lowest BCUT2D eigenvalue weighted by Gasteiger charge is -2.16. The first-order valence-electron chi connectivity index (χ1n) is 5.45. The van der Waals surface area contributed by atoms with Gasteiger partial charge in [0.05, 0.1) is 24.3 Å². The first kappa shape index (κ1) is 14.9.